The van der Waals surface area contributed by atoms with E-state index in [0.717, 1.165) is 29.2 Å². The number of rotatable bonds is 6. The van der Waals surface area contributed by atoms with Crippen LogP contribution in [-0.4, -0.2) is 22.4 Å². The monoisotopic (exact) mass is 347 g/mol. The quantitative estimate of drug-likeness (QED) is 0.620. The SMILES string of the molecule is CCNc1nc(Nc2ccc(NC(C)=O)cc2)cc(-c2ccccc2)n1. The van der Waals surface area contributed by atoms with Crippen LogP contribution in [0.4, 0.5) is 23.1 Å². The fourth-order valence-corrected chi connectivity index (χ4v) is 2.49. The Balaban J connectivity index is 1.86. The van der Waals surface area contributed by atoms with Crippen molar-refractivity contribution in [3.05, 3.63) is 60.7 Å². The van der Waals surface area contributed by atoms with Crippen LogP contribution in [-0.2, 0) is 4.79 Å². The van der Waals surface area contributed by atoms with E-state index in [9.17, 15) is 4.79 Å². The summed E-state index contributed by atoms with van der Waals surface area (Å²) in [5.41, 5.74) is 3.50. The number of aromatic nitrogens is 2. The summed E-state index contributed by atoms with van der Waals surface area (Å²) in [5.74, 6) is 1.18. The van der Waals surface area contributed by atoms with E-state index in [4.69, 9.17) is 0 Å². The molecule has 0 bridgehead atoms. The molecular weight excluding hydrogens is 326 g/mol. The summed E-state index contributed by atoms with van der Waals surface area (Å²) >= 11 is 0. The van der Waals surface area contributed by atoms with Gasteiger partial charge in [0.1, 0.15) is 5.82 Å². The molecule has 3 rings (SSSR count). The van der Waals surface area contributed by atoms with Crippen LogP contribution in [0.15, 0.2) is 60.7 Å². The molecule has 1 aromatic heterocycles. The predicted octanol–water partition coefficient (Wildman–Crippen LogP) is 4.28. The van der Waals surface area contributed by atoms with Gasteiger partial charge < -0.3 is 16.0 Å². The van der Waals surface area contributed by atoms with Gasteiger partial charge in [-0.3, -0.25) is 4.79 Å². The first-order valence-corrected chi connectivity index (χ1v) is 8.47. The van der Waals surface area contributed by atoms with Crippen molar-refractivity contribution in [1.29, 1.82) is 0 Å². The van der Waals surface area contributed by atoms with Crippen LogP contribution in [0.2, 0.25) is 0 Å². The summed E-state index contributed by atoms with van der Waals surface area (Å²) in [6, 6.07) is 19.4. The van der Waals surface area contributed by atoms with Crippen LogP contribution in [0, 0.1) is 0 Å². The lowest BCUT2D eigenvalue weighted by atomic mass is 10.1. The van der Waals surface area contributed by atoms with Crippen molar-refractivity contribution in [3.8, 4) is 11.3 Å². The largest absolute Gasteiger partial charge is 0.354 e. The Bertz CT molecular complexity index is 878. The number of amides is 1. The lowest BCUT2D eigenvalue weighted by molar-refractivity contribution is -0.114. The van der Waals surface area contributed by atoms with Crippen LogP contribution in [0.3, 0.4) is 0 Å². The highest BCUT2D eigenvalue weighted by atomic mass is 16.1. The van der Waals surface area contributed by atoms with Gasteiger partial charge in [-0.15, -0.1) is 0 Å². The fourth-order valence-electron chi connectivity index (χ4n) is 2.49. The number of benzene rings is 2. The maximum atomic E-state index is 11.1. The smallest absolute Gasteiger partial charge is 0.225 e. The van der Waals surface area contributed by atoms with E-state index in [1.54, 1.807) is 0 Å². The molecule has 26 heavy (non-hydrogen) atoms. The normalized spacial score (nSPS) is 10.2. The number of hydrogen-bond donors (Lipinski definition) is 3. The molecule has 0 atom stereocenters. The van der Waals surface area contributed by atoms with Gasteiger partial charge >= 0.3 is 0 Å². The molecule has 0 saturated heterocycles. The molecular formula is C20H21N5O. The number of carbonyl (C=O) groups excluding carboxylic acids is 1. The summed E-state index contributed by atoms with van der Waals surface area (Å²) in [6.07, 6.45) is 0. The molecule has 0 aliphatic heterocycles. The lowest BCUT2D eigenvalue weighted by Gasteiger charge is -2.11. The molecule has 3 aromatic rings. The van der Waals surface area contributed by atoms with Gasteiger partial charge in [0.15, 0.2) is 0 Å². The minimum Gasteiger partial charge on any atom is -0.354 e. The highest BCUT2D eigenvalue weighted by molar-refractivity contribution is 5.88. The van der Waals surface area contributed by atoms with Gasteiger partial charge in [0, 0.05) is 36.5 Å². The van der Waals surface area contributed by atoms with Crippen molar-refractivity contribution >= 4 is 29.0 Å². The van der Waals surface area contributed by atoms with E-state index < -0.39 is 0 Å². The molecule has 0 fully saturated rings. The molecule has 3 N–H and O–H groups in total. The third kappa shape index (κ3) is 4.57. The average Bonchev–Trinajstić information content (AvgIpc) is 2.64. The van der Waals surface area contributed by atoms with Crippen LogP contribution in [0.5, 0.6) is 0 Å². The van der Waals surface area contributed by atoms with E-state index in [1.807, 2.05) is 67.6 Å². The first-order chi connectivity index (χ1) is 12.6. The second kappa shape index (κ2) is 8.11. The second-order valence-electron chi connectivity index (χ2n) is 5.74. The molecule has 0 aliphatic carbocycles. The summed E-state index contributed by atoms with van der Waals surface area (Å²) in [4.78, 5) is 20.2. The Morgan fingerprint density at radius 1 is 0.962 bits per heavy atom. The van der Waals surface area contributed by atoms with E-state index in [1.165, 1.54) is 6.92 Å². The van der Waals surface area contributed by atoms with Gasteiger partial charge in [-0.05, 0) is 31.2 Å². The van der Waals surface area contributed by atoms with Crippen LogP contribution in [0.25, 0.3) is 11.3 Å². The molecule has 2 aromatic carbocycles. The minimum absolute atomic E-state index is 0.0932. The summed E-state index contributed by atoms with van der Waals surface area (Å²) in [7, 11) is 0. The molecule has 6 nitrogen and oxygen atoms in total. The van der Waals surface area contributed by atoms with Gasteiger partial charge in [-0.25, -0.2) is 4.98 Å². The third-order valence-corrected chi connectivity index (χ3v) is 3.61. The van der Waals surface area contributed by atoms with Crippen molar-refractivity contribution in [3.63, 3.8) is 0 Å². The van der Waals surface area contributed by atoms with Crippen LogP contribution >= 0.6 is 0 Å². The van der Waals surface area contributed by atoms with Gasteiger partial charge in [0.25, 0.3) is 0 Å². The molecule has 0 spiro atoms. The molecule has 0 radical (unpaired) electrons. The van der Waals surface area contributed by atoms with E-state index >= 15 is 0 Å². The lowest BCUT2D eigenvalue weighted by Crippen LogP contribution is -2.06. The van der Waals surface area contributed by atoms with Gasteiger partial charge in [-0.1, -0.05) is 30.3 Å². The maximum Gasteiger partial charge on any atom is 0.225 e. The zero-order valence-electron chi connectivity index (χ0n) is 14.8. The number of carbonyl (C=O) groups is 1. The molecule has 6 heteroatoms. The van der Waals surface area contributed by atoms with E-state index in [0.29, 0.717) is 11.8 Å². The Hall–Kier alpha value is -3.41. The Morgan fingerprint density at radius 3 is 2.31 bits per heavy atom. The van der Waals surface area contributed by atoms with Gasteiger partial charge in [0.05, 0.1) is 5.69 Å². The molecule has 132 valence electrons. The third-order valence-electron chi connectivity index (χ3n) is 3.61. The van der Waals surface area contributed by atoms with Crippen molar-refractivity contribution in [2.24, 2.45) is 0 Å². The average molecular weight is 347 g/mol. The Kier molecular flexibility index (Phi) is 5.43. The Labute approximate surface area is 152 Å². The number of nitrogens with zero attached hydrogens (tertiary/aromatic N) is 2. The van der Waals surface area contributed by atoms with Crippen molar-refractivity contribution in [1.82, 2.24) is 9.97 Å². The summed E-state index contributed by atoms with van der Waals surface area (Å²) in [6.45, 7) is 4.23. The van der Waals surface area contributed by atoms with Crippen LogP contribution in [0.1, 0.15) is 13.8 Å². The second-order valence-corrected chi connectivity index (χ2v) is 5.74. The van der Waals surface area contributed by atoms with Crippen molar-refractivity contribution < 1.29 is 4.79 Å². The van der Waals surface area contributed by atoms with Crippen LogP contribution < -0.4 is 16.0 Å². The summed E-state index contributed by atoms with van der Waals surface area (Å²) in [5, 5.41) is 9.20. The topological polar surface area (TPSA) is 78.9 Å². The minimum atomic E-state index is -0.0932. The molecule has 1 heterocycles. The maximum absolute atomic E-state index is 11.1. The summed E-state index contributed by atoms with van der Waals surface area (Å²) < 4.78 is 0. The standard InChI is InChI=1S/C20H21N5O/c1-3-21-20-24-18(15-7-5-4-6-8-15)13-19(25-20)23-17-11-9-16(10-12-17)22-14(2)26/h4-13H,3H2,1-2H3,(H,22,26)(H2,21,23,24,25). The van der Waals surface area contributed by atoms with Crippen molar-refractivity contribution in [2.75, 3.05) is 22.5 Å². The molecule has 0 unspecified atom stereocenters. The number of hydrogen-bond acceptors (Lipinski definition) is 5. The molecule has 0 saturated carbocycles. The molecule has 0 aliphatic rings. The predicted molar refractivity (Wildman–Crippen MR) is 106 cm³/mol. The van der Waals surface area contributed by atoms with Crippen molar-refractivity contribution in [2.45, 2.75) is 13.8 Å². The zero-order chi connectivity index (χ0) is 18.4. The van der Waals surface area contributed by atoms with E-state index in [2.05, 4.69) is 25.9 Å². The van der Waals surface area contributed by atoms with E-state index in [-0.39, 0.29) is 5.91 Å². The first-order valence-electron chi connectivity index (χ1n) is 8.47. The number of anilines is 4. The van der Waals surface area contributed by atoms with Gasteiger partial charge in [0.2, 0.25) is 11.9 Å². The Morgan fingerprint density at radius 2 is 1.65 bits per heavy atom. The highest BCUT2D eigenvalue weighted by Gasteiger charge is 2.07. The number of nitrogens with one attached hydrogen (secondary N) is 3. The fraction of sp³-hybridized carbons (Fsp3) is 0.150. The first kappa shape index (κ1) is 17.4. The van der Waals surface area contributed by atoms with Gasteiger partial charge in [-0.2, -0.15) is 4.98 Å². The highest BCUT2D eigenvalue weighted by Crippen LogP contribution is 2.24. The zero-order valence-corrected chi connectivity index (χ0v) is 14.8. The molecule has 1 amide bonds.